The van der Waals surface area contributed by atoms with Gasteiger partial charge in [0.15, 0.2) is 0 Å². The summed E-state index contributed by atoms with van der Waals surface area (Å²) in [5, 5.41) is 5.65. The van der Waals surface area contributed by atoms with Gasteiger partial charge in [0.1, 0.15) is 6.04 Å². The Labute approximate surface area is 144 Å². The topological polar surface area (TPSA) is 78.5 Å². The van der Waals surface area contributed by atoms with Gasteiger partial charge in [0.2, 0.25) is 11.8 Å². The first kappa shape index (κ1) is 15.4. The molecule has 0 radical (unpaired) electrons. The third-order valence-electron chi connectivity index (χ3n) is 4.63. The van der Waals surface area contributed by atoms with E-state index in [9.17, 15) is 14.4 Å². The Kier molecular flexibility index (Phi) is 3.72. The first-order chi connectivity index (χ1) is 12.1. The van der Waals surface area contributed by atoms with E-state index in [1.807, 2.05) is 42.5 Å². The summed E-state index contributed by atoms with van der Waals surface area (Å²) < 4.78 is 0. The molecule has 0 spiro atoms. The number of fused-ring (bicyclic) bond motifs is 1. The molecule has 0 aliphatic carbocycles. The van der Waals surface area contributed by atoms with Crippen LogP contribution in [0.2, 0.25) is 0 Å². The highest BCUT2D eigenvalue weighted by Crippen LogP contribution is 2.33. The Morgan fingerprint density at radius 1 is 1.00 bits per heavy atom. The van der Waals surface area contributed by atoms with Crippen molar-refractivity contribution in [3.8, 4) is 0 Å². The number of para-hydroxylation sites is 1. The molecule has 4 rings (SSSR count). The molecule has 1 fully saturated rings. The maximum absolute atomic E-state index is 12.8. The molecule has 6 nitrogen and oxygen atoms in total. The first-order valence-corrected chi connectivity index (χ1v) is 8.22. The monoisotopic (exact) mass is 335 g/mol. The van der Waals surface area contributed by atoms with E-state index in [-0.39, 0.29) is 18.2 Å². The number of imide groups is 1. The summed E-state index contributed by atoms with van der Waals surface area (Å²) in [6, 6.07) is 14.7. The smallest absolute Gasteiger partial charge is 0.255 e. The number of rotatable bonds is 3. The van der Waals surface area contributed by atoms with Crippen molar-refractivity contribution in [2.24, 2.45) is 0 Å². The van der Waals surface area contributed by atoms with E-state index in [4.69, 9.17) is 0 Å². The van der Waals surface area contributed by atoms with Crippen LogP contribution in [0.4, 0.5) is 11.4 Å². The van der Waals surface area contributed by atoms with Crippen molar-refractivity contribution in [3.63, 3.8) is 0 Å². The fraction of sp³-hybridized carbons (Fsp3) is 0.211. The fourth-order valence-electron chi connectivity index (χ4n) is 3.38. The van der Waals surface area contributed by atoms with Crippen LogP contribution in [-0.4, -0.2) is 28.7 Å². The standard InChI is InChI=1S/C19H17N3O3/c23-17-10-9-16(18(24)21-17)22-11-14-13(19(22)25)7-4-8-15(14)20-12-5-2-1-3-6-12/h1-8,16,20H,9-11H2,(H,21,23,24). The van der Waals surface area contributed by atoms with Gasteiger partial charge in [-0.3, -0.25) is 19.7 Å². The van der Waals surface area contributed by atoms with Crippen LogP contribution in [0.5, 0.6) is 0 Å². The van der Waals surface area contributed by atoms with Crippen LogP contribution < -0.4 is 10.6 Å². The minimum atomic E-state index is -0.595. The minimum absolute atomic E-state index is 0.166. The van der Waals surface area contributed by atoms with Crippen LogP contribution in [0.25, 0.3) is 0 Å². The van der Waals surface area contributed by atoms with Crippen molar-refractivity contribution in [1.82, 2.24) is 10.2 Å². The zero-order valence-electron chi connectivity index (χ0n) is 13.5. The average molecular weight is 335 g/mol. The van der Waals surface area contributed by atoms with Crippen LogP contribution in [-0.2, 0) is 16.1 Å². The predicted molar refractivity (Wildman–Crippen MR) is 92.2 cm³/mol. The van der Waals surface area contributed by atoms with Crippen molar-refractivity contribution in [1.29, 1.82) is 0 Å². The van der Waals surface area contributed by atoms with Crippen LogP contribution in [0.3, 0.4) is 0 Å². The lowest BCUT2D eigenvalue weighted by atomic mass is 10.0. The molecule has 0 saturated carbocycles. The zero-order chi connectivity index (χ0) is 17.4. The largest absolute Gasteiger partial charge is 0.355 e. The Balaban J connectivity index is 1.62. The second-order valence-electron chi connectivity index (χ2n) is 6.22. The third-order valence-corrected chi connectivity index (χ3v) is 4.63. The second-order valence-corrected chi connectivity index (χ2v) is 6.22. The lowest BCUT2D eigenvalue weighted by Crippen LogP contribution is -2.52. The van der Waals surface area contributed by atoms with Gasteiger partial charge in [-0.1, -0.05) is 24.3 Å². The van der Waals surface area contributed by atoms with E-state index in [0.29, 0.717) is 18.5 Å². The number of carbonyl (C=O) groups excluding carboxylic acids is 3. The summed E-state index contributed by atoms with van der Waals surface area (Å²) in [5.74, 6) is -0.840. The van der Waals surface area contributed by atoms with Crippen molar-refractivity contribution >= 4 is 29.1 Å². The van der Waals surface area contributed by atoms with Crippen molar-refractivity contribution in [2.75, 3.05) is 5.32 Å². The molecular formula is C19H17N3O3. The Morgan fingerprint density at radius 2 is 1.80 bits per heavy atom. The molecular weight excluding hydrogens is 318 g/mol. The van der Waals surface area contributed by atoms with E-state index in [0.717, 1.165) is 16.9 Å². The van der Waals surface area contributed by atoms with Crippen LogP contribution in [0.15, 0.2) is 48.5 Å². The number of nitrogens with zero attached hydrogens (tertiary/aromatic N) is 1. The van der Waals surface area contributed by atoms with Gasteiger partial charge in [0, 0.05) is 35.5 Å². The minimum Gasteiger partial charge on any atom is -0.355 e. The highest BCUT2D eigenvalue weighted by Gasteiger charge is 2.39. The first-order valence-electron chi connectivity index (χ1n) is 8.22. The Hall–Kier alpha value is -3.15. The maximum atomic E-state index is 12.8. The normalized spacial score (nSPS) is 19.6. The van der Waals surface area contributed by atoms with Gasteiger partial charge < -0.3 is 10.2 Å². The molecule has 126 valence electrons. The molecule has 3 amide bonds. The van der Waals surface area contributed by atoms with Gasteiger partial charge in [0.05, 0.1) is 0 Å². The molecule has 0 bridgehead atoms. The number of hydrogen-bond acceptors (Lipinski definition) is 4. The average Bonchev–Trinajstić information content (AvgIpc) is 2.94. The van der Waals surface area contributed by atoms with Gasteiger partial charge in [-0.25, -0.2) is 0 Å². The van der Waals surface area contributed by atoms with Crippen molar-refractivity contribution in [3.05, 3.63) is 59.7 Å². The summed E-state index contributed by atoms with van der Waals surface area (Å²) in [4.78, 5) is 37.8. The molecule has 1 atom stereocenters. The summed E-state index contributed by atoms with van der Waals surface area (Å²) >= 11 is 0. The van der Waals surface area contributed by atoms with Gasteiger partial charge in [0.25, 0.3) is 5.91 Å². The molecule has 2 aromatic rings. The molecule has 2 aromatic carbocycles. The van der Waals surface area contributed by atoms with Gasteiger partial charge in [-0.15, -0.1) is 0 Å². The molecule has 2 heterocycles. The van der Waals surface area contributed by atoms with E-state index in [1.165, 1.54) is 0 Å². The van der Waals surface area contributed by atoms with Gasteiger partial charge in [-0.2, -0.15) is 0 Å². The highest BCUT2D eigenvalue weighted by molar-refractivity contribution is 6.06. The van der Waals surface area contributed by atoms with E-state index >= 15 is 0 Å². The molecule has 25 heavy (non-hydrogen) atoms. The molecule has 2 N–H and O–H groups in total. The van der Waals surface area contributed by atoms with E-state index in [2.05, 4.69) is 10.6 Å². The quantitative estimate of drug-likeness (QED) is 0.843. The third kappa shape index (κ3) is 2.76. The Morgan fingerprint density at radius 3 is 2.56 bits per heavy atom. The number of hydrogen-bond donors (Lipinski definition) is 2. The molecule has 2 aliphatic heterocycles. The second kappa shape index (κ2) is 6.05. The molecule has 2 aliphatic rings. The summed E-state index contributed by atoms with van der Waals surface area (Å²) in [6.07, 6.45) is 0.623. The van der Waals surface area contributed by atoms with Crippen LogP contribution in [0, 0.1) is 0 Å². The number of anilines is 2. The number of piperidine rings is 1. The molecule has 1 unspecified atom stereocenters. The zero-order valence-corrected chi connectivity index (χ0v) is 13.5. The molecule has 0 aromatic heterocycles. The SMILES string of the molecule is O=C1CCC(N2Cc3c(Nc4ccccc4)cccc3C2=O)C(=O)N1. The van der Waals surface area contributed by atoms with Gasteiger partial charge in [-0.05, 0) is 30.7 Å². The van der Waals surface area contributed by atoms with Crippen LogP contribution >= 0.6 is 0 Å². The number of amides is 3. The highest BCUT2D eigenvalue weighted by atomic mass is 16.2. The summed E-state index contributed by atoms with van der Waals surface area (Å²) in [7, 11) is 0. The summed E-state index contributed by atoms with van der Waals surface area (Å²) in [6.45, 7) is 0.358. The van der Waals surface area contributed by atoms with Gasteiger partial charge >= 0.3 is 0 Å². The lowest BCUT2D eigenvalue weighted by Gasteiger charge is -2.29. The van der Waals surface area contributed by atoms with E-state index in [1.54, 1.807) is 11.0 Å². The lowest BCUT2D eigenvalue weighted by molar-refractivity contribution is -0.136. The predicted octanol–water partition coefficient (Wildman–Crippen LogP) is 2.19. The Bertz CT molecular complexity index is 863. The molecule has 6 heteroatoms. The number of benzene rings is 2. The van der Waals surface area contributed by atoms with Crippen molar-refractivity contribution < 1.29 is 14.4 Å². The maximum Gasteiger partial charge on any atom is 0.255 e. The number of nitrogens with one attached hydrogen (secondary N) is 2. The molecule has 1 saturated heterocycles. The fourth-order valence-corrected chi connectivity index (χ4v) is 3.38. The van der Waals surface area contributed by atoms with Crippen molar-refractivity contribution in [2.45, 2.75) is 25.4 Å². The number of carbonyl (C=O) groups is 3. The summed E-state index contributed by atoms with van der Waals surface area (Å²) in [5.41, 5.74) is 3.27. The van der Waals surface area contributed by atoms with E-state index < -0.39 is 11.9 Å². The van der Waals surface area contributed by atoms with Crippen LogP contribution in [0.1, 0.15) is 28.8 Å².